The molecule has 0 saturated carbocycles. The number of furan rings is 1. The summed E-state index contributed by atoms with van der Waals surface area (Å²) in [6, 6.07) is 22.0. The quantitative estimate of drug-likeness (QED) is 0.437. The summed E-state index contributed by atoms with van der Waals surface area (Å²) in [4.78, 5) is 9.28. The van der Waals surface area contributed by atoms with Crippen molar-refractivity contribution in [2.75, 3.05) is 17.2 Å². The number of benzene rings is 2. The molecule has 0 radical (unpaired) electrons. The van der Waals surface area contributed by atoms with Gasteiger partial charge < -0.3 is 15.1 Å². The molecule has 146 valence electrons. The molecule has 2 aromatic carbocycles. The third-order valence-electron chi connectivity index (χ3n) is 4.42. The predicted octanol–water partition coefficient (Wildman–Crippen LogP) is 5.14. The van der Waals surface area contributed by atoms with Gasteiger partial charge in [-0.15, -0.1) is 0 Å². The van der Waals surface area contributed by atoms with E-state index in [1.807, 2.05) is 48.5 Å². The van der Waals surface area contributed by atoms with Gasteiger partial charge in [0.05, 0.1) is 12.8 Å². The van der Waals surface area contributed by atoms with E-state index in [1.165, 1.54) is 12.1 Å². The van der Waals surface area contributed by atoms with E-state index < -0.39 is 0 Å². The Morgan fingerprint density at radius 2 is 1.59 bits per heavy atom. The monoisotopic (exact) mass is 388 g/mol. The fraction of sp³-hybridized carbons (Fsp3) is 0.130. The third-order valence-corrected chi connectivity index (χ3v) is 4.42. The molecule has 4 aromatic rings. The van der Waals surface area contributed by atoms with Crippen molar-refractivity contribution < 1.29 is 8.81 Å². The van der Waals surface area contributed by atoms with Crippen molar-refractivity contribution in [2.24, 2.45) is 0 Å². The van der Waals surface area contributed by atoms with Gasteiger partial charge in [0.1, 0.15) is 23.2 Å². The summed E-state index contributed by atoms with van der Waals surface area (Å²) in [5.41, 5.74) is 2.00. The summed E-state index contributed by atoms with van der Waals surface area (Å²) in [5, 5.41) is 6.63. The van der Waals surface area contributed by atoms with Crippen LogP contribution in [0.3, 0.4) is 0 Å². The summed E-state index contributed by atoms with van der Waals surface area (Å²) in [5.74, 6) is 2.68. The zero-order valence-electron chi connectivity index (χ0n) is 15.8. The maximum atomic E-state index is 13.1. The van der Waals surface area contributed by atoms with Gasteiger partial charge in [-0.05, 0) is 36.2 Å². The minimum Gasteiger partial charge on any atom is -0.467 e. The number of hydrogen-bond donors (Lipinski definition) is 2. The molecule has 6 heteroatoms. The predicted molar refractivity (Wildman–Crippen MR) is 112 cm³/mol. The molecule has 0 aliphatic rings. The number of rotatable bonds is 8. The molecule has 0 saturated heterocycles. The summed E-state index contributed by atoms with van der Waals surface area (Å²) >= 11 is 0. The van der Waals surface area contributed by atoms with Crippen LogP contribution in [-0.2, 0) is 13.0 Å². The second-order valence-corrected chi connectivity index (χ2v) is 6.56. The molecule has 0 fully saturated rings. The van der Waals surface area contributed by atoms with Gasteiger partial charge >= 0.3 is 0 Å². The van der Waals surface area contributed by atoms with Gasteiger partial charge in [0.2, 0.25) is 0 Å². The van der Waals surface area contributed by atoms with E-state index in [9.17, 15) is 4.39 Å². The molecule has 5 nitrogen and oxygen atoms in total. The van der Waals surface area contributed by atoms with Crippen molar-refractivity contribution in [2.45, 2.75) is 13.0 Å². The minimum absolute atomic E-state index is 0.225. The third kappa shape index (κ3) is 5.19. The van der Waals surface area contributed by atoms with Gasteiger partial charge in [0, 0.05) is 18.2 Å². The Labute approximate surface area is 168 Å². The maximum Gasteiger partial charge on any atom is 0.163 e. The first-order valence-corrected chi connectivity index (χ1v) is 9.45. The molecule has 0 bridgehead atoms. The van der Waals surface area contributed by atoms with E-state index in [-0.39, 0.29) is 5.82 Å². The lowest BCUT2D eigenvalue weighted by Gasteiger charge is -2.11. The van der Waals surface area contributed by atoms with E-state index in [0.29, 0.717) is 24.7 Å². The summed E-state index contributed by atoms with van der Waals surface area (Å²) < 4.78 is 18.4. The largest absolute Gasteiger partial charge is 0.467 e. The second-order valence-electron chi connectivity index (χ2n) is 6.56. The highest BCUT2D eigenvalue weighted by molar-refractivity contribution is 5.61. The lowest BCUT2D eigenvalue weighted by molar-refractivity contribution is 0.518. The molecule has 0 aliphatic carbocycles. The van der Waals surface area contributed by atoms with Crippen LogP contribution in [0.25, 0.3) is 11.4 Å². The number of aromatic nitrogens is 2. The molecule has 2 aromatic heterocycles. The summed E-state index contributed by atoms with van der Waals surface area (Å²) in [6.45, 7) is 1.21. The first-order valence-electron chi connectivity index (χ1n) is 9.45. The van der Waals surface area contributed by atoms with Crippen LogP contribution in [0, 0.1) is 5.82 Å². The molecule has 0 aliphatic heterocycles. The first-order chi connectivity index (χ1) is 14.3. The highest BCUT2D eigenvalue weighted by Gasteiger charge is 2.08. The lowest BCUT2D eigenvalue weighted by atomic mass is 10.1. The van der Waals surface area contributed by atoms with Crippen LogP contribution < -0.4 is 10.6 Å². The molecule has 0 amide bonds. The van der Waals surface area contributed by atoms with Crippen molar-refractivity contribution in [3.05, 3.63) is 96.2 Å². The zero-order valence-corrected chi connectivity index (χ0v) is 15.8. The molecule has 29 heavy (non-hydrogen) atoms. The molecule has 0 atom stereocenters. The van der Waals surface area contributed by atoms with Gasteiger partial charge in [0.15, 0.2) is 5.82 Å². The number of hydrogen-bond acceptors (Lipinski definition) is 5. The van der Waals surface area contributed by atoms with E-state index in [1.54, 1.807) is 18.4 Å². The number of halogens is 1. The lowest BCUT2D eigenvalue weighted by Crippen LogP contribution is -2.09. The second kappa shape index (κ2) is 9.01. The van der Waals surface area contributed by atoms with Gasteiger partial charge in [-0.2, -0.15) is 0 Å². The van der Waals surface area contributed by atoms with Crippen LogP contribution in [0.15, 0.2) is 83.5 Å². The Kier molecular flexibility index (Phi) is 5.81. The smallest absolute Gasteiger partial charge is 0.163 e. The topological polar surface area (TPSA) is 63.0 Å². The summed E-state index contributed by atoms with van der Waals surface area (Å²) in [6.07, 6.45) is 2.41. The standard InChI is InChI=1S/C23H21FN4O/c24-19-10-8-17(9-11-19)12-13-25-21-15-22(26-16-20-7-4-14-29-20)28-23(27-21)18-5-2-1-3-6-18/h1-11,14-15H,12-13,16H2,(H2,25,26,27,28). The summed E-state index contributed by atoms with van der Waals surface area (Å²) in [7, 11) is 0. The van der Waals surface area contributed by atoms with Crippen LogP contribution >= 0.6 is 0 Å². The molecule has 2 heterocycles. The van der Waals surface area contributed by atoms with E-state index in [0.717, 1.165) is 29.1 Å². The molecule has 2 N–H and O–H groups in total. The van der Waals surface area contributed by atoms with Crippen LogP contribution in [0.5, 0.6) is 0 Å². The average Bonchev–Trinajstić information content (AvgIpc) is 3.28. The molecule has 0 spiro atoms. The first kappa shape index (κ1) is 18.7. The molecule has 0 unspecified atom stereocenters. The van der Waals surface area contributed by atoms with Crippen LogP contribution in [0.2, 0.25) is 0 Å². The van der Waals surface area contributed by atoms with Crippen molar-refractivity contribution in [3.8, 4) is 11.4 Å². The van der Waals surface area contributed by atoms with Crippen molar-refractivity contribution >= 4 is 11.6 Å². The highest BCUT2D eigenvalue weighted by atomic mass is 19.1. The zero-order chi connectivity index (χ0) is 19.9. The van der Waals surface area contributed by atoms with E-state index in [4.69, 9.17) is 4.42 Å². The van der Waals surface area contributed by atoms with Gasteiger partial charge in [-0.1, -0.05) is 42.5 Å². The Morgan fingerprint density at radius 1 is 0.828 bits per heavy atom. The minimum atomic E-state index is -0.225. The van der Waals surface area contributed by atoms with Gasteiger partial charge in [-0.3, -0.25) is 0 Å². The fourth-order valence-corrected chi connectivity index (χ4v) is 2.92. The Morgan fingerprint density at radius 3 is 2.31 bits per heavy atom. The van der Waals surface area contributed by atoms with E-state index in [2.05, 4.69) is 20.6 Å². The normalized spacial score (nSPS) is 10.7. The van der Waals surface area contributed by atoms with Crippen LogP contribution in [0.4, 0.5) is 16.0 Å². The van der Waals surface area contributed by atoms with Gasteiger partial charge in [0.25, 0.3) is 0 Å². The van der Waals surface area contributed by atoms with Gasteiger partial charge in [-0.25, -0.2) is 14.4 Å². The maximum absolute atomic E-state index is 13.1. The molecular weight excluding hydrogens is 367 g/mol. The Hall–Kier alpha value is -3.67. The molecule has 4 rings (SSSR count). The van der Waals surface area contributed by atoms with Crippen molar-refractivity contribution in [3.63, 3.8) is 0 Å². The van der Waals surface area contributed by atoms with Crippen molar-refractivity contribution in [1.29, 1.82) is 0 Å². The van der Waals surface area contributed by atoms with E-state index >= 15 is 0 Å². The highest BCUT2D eigenvalue weighted by Crippen LogP contribution is 2.21. The van der Waals surface area contributed by atoms with Crippen molar-refractivity contribution in [1.82, 2.24) is 9.97 Å². The Balaban J connectivity index is 1.49. The van der Waals surface area contributed by atoms with Crippen LogP contribution in [-0.4, -0.2) is 16.5 Å². The number of nitrogens with zero attached hydrogens (tertiary/aromatic N) is 2. The number of anilines is 2. The molecular formula is C23H21FN4O. The average molecular weight is 388 g/mol. The fourth-order valence-electron chi connectivity index (χ4n) is 2.92. The van der Waals surface area contributed by atoms with Crippen LogP contribution in [0.1, 0.15) is 11.3 Å². The Bertz CT molecular complexity index is 1030. The number of nitrogens with one attached hydrogen (secondary N) is 2. The SMILES string of the molecule is Fc1ccc(CCNc2cc(NCc3ccco3)nc(-c3ccccc3)n2)cc1.